The lowest BCUT2D eigenvalue weighted by Crippen LogP contribution is -2.39. The van der Waals surface area contributed by atoms with Crippen molar-refractivity contribution in [2.45, 2.75) is 12.8 Å². The van der Waals surface area contributed by atoms with Gasteiger partial charge in [-0.3, -0.25) is 9.69 Å². The first-order valence-corrected chi connectivity index (χ1v) is 5.17. The molecule has 0 aromatic carbocycles. The number of halogens is 1. The summed E-state index contributed by atoms with van der Waals surface area (Å²) in [6, 6.07) is 0. The topological polar surface area (TPSA) is 40.5 Å². The van der Waals surface area contributed by atoms with E-state index in [2.05, 4.69) is 27.4 Å². The Morgan fingerprint density at radius 2 is 2.38 bits per heavy atom. The van der Waals surface area contributed by atoms with E-state index in [0.717, 1.165) is 30.4 Å². The smallest absolute Gasteiger partial charge is 0.307 e. The molecule has 0 saturated carbocycles. The van der Waals surface area contributed by atoms with Crippen LogP contribution in [0.25, 0.3) is 0 Å². The molecule has 4 heteroatoms. The van der Waals surface area contributed by atoms with Crippen LogP contribution in [-0.2, 0) is 4.79 Å². The van der Waals surface area contributed by atoms with Gasteiger partial charge in [-0.05, 0) is 19.4 Å². The van der Waals surface area contributed by atoms with Crippen molar-refractivity contribution >= 4 is 21.9 Å². The summed E-state index contributed by atoms with van der Waals surface area (Å²) < 4.78 is 0.915. The maximum absolute atomic E-state index is 10.7. The minimum atomic E-state index is -0.676. The number of carboxylic acid groups (broad SMARTS) is 1. The Kier molecular flexibility index (Phi) is 3.93. The Labute approximate surface area is 86.5 Å². The van der Waals surface area contributed by atoms with Crippen LogP contribution in [0.2, 0.25) is 0 Å². The molecule has 1 aliphatic rings. The predicted molar refractivity (Wildman–Crippen MR) is 54.9 cm³/mol. The summed E-state index contributed by atoms with van der Waals surface area (Å²) in [5, 5.41) is 8.83. The van der Waals surface area contributed by atoms with Crippen LogP contribution in [0.5, 0.6) is 0 Å². The SMILES string of the molecule is C=C(Br)CN1CCCC(C(=O)O)C1. The zero-order valence-corrected chi connectivity index (χ0v) is 9.09. The number of hydrogen-bond acceptors (Lipinski definition) is 2. The standard InChI is InChI=1S/C9H14BrNO2/c1-7(10)5-11-4-2-3-8(6-11)9(12)13/h8H,1-6H2,(H,12,13). The van der Waals surface area contributed by atoms with Crippen molar-refractivity contribution in [1.82, 2.24) is 4.90 Å². The summed E-state index contributed by atoms with van der Waals surface area (Å²) in [6.07, 6.45) is 1.78. The monoisotopic (exact) mass is 247 g/mol. The predicted octanol–water partition coefficient (Wildman–Crippen LogP) is 1.69. The molecule has 0 amide bonds. The van der Waals surface area contributed by atoms with Gasteiger partial charge in [-0.15, -0.1) is 0 Å². The molecule has 0 aromatic rings. The Bertz CT molecular complexity index is 218. The average Bonchev–Trinajstić information content (AvgIpc) is 2.03. The summed E-state index contributed by atoms with van der Waals surface area (Å²) in [7, 11) is 0. The number of likely N-dealkylation sites (tertiary alicyclic amines) is 1. The highest BCUT2D eigenvalue weighted by atomic mass is 79.9. The van der Waals surface area contributed by atoms with Gasteiger partial charge in [0.15, 0.2) is 0 Å². The fourth-order valence-electron chi connectivity index (χ4n) is 1.64. The number of hydrogen-bond donors (Lipinski definition) is 1. The summed E-state index contributed by atoms with van der Waals surface area (Å²) in [4.78, 5) is 12.8. The van der Waals surface area contributed by atoms with Crippen LogP contribution in [0.1, 0.15) is 12.8 Å². The van der Waals surface area contributed by atoms with Gasteiger partial charge >= 0.3 is 5.97 Å². The van der Waals surface area contributed by atoms with Gasteiger partial charge in [0.1, 0.15) is 0 Å². The lowest BCUT2D eigenvalue weighted by molar-refractivity contribution is -0.143. The Morgan fingerprint density at radius 3 is 2.92 bits per heavy atom. The minimum Gasteiger partial charge on any atom is -0.481 e. The van der Waals surface area contributed by atoms with E-state index in [-0.39, 0.29) is 5.92 Å². The Hall–Kier alpha value is -0.350. The molecule has 13 heavy (non-hydrogen) atoms. The number of nitrogens with zero attached hydrogens (tertiary/aromatic N) is 1. The molecule has 0 aromatic heterocycles. The van der Waals surface area contributed by atoms with E-state index in [9.17, 15) is 4.79 Å². The van der Waals surface area contributed by atoms with Gasteiger partial charge in [0.2, 0.25) is 0 Å². The van der Waals surface area contributed by atoms with Crippen LogP contribution < -0.4 is 0 Å². The largest absolute Gasteiger partial charge is 0.481 e. The van der Waals surface area contributed by atoms with E-state index < -0.39 is 5.97 Å². The molecule has 74 valence electrons. The maximum atomic E-state index is 10.7. The van der Waals surface area contributed by atoms with Crippen LogP contribution in [0, 0.1) is 5.92 Å². The van der Waals surface area contributed by atoms with Crippen molar-refractivity contribution in [2.24, 2.45) is 5.92 Å². The van der Waals surface area contributed by atoms with Gasteiger partial charge < -0.3 is 5.11 Å². The Morgan fingerprint density at radius 1 is 1.69 bits per heavy atom. The fourth-order valence-corrected chi connectivity index (χ4v) is 2.00. The van der Waals surface area contributed by atoms with Gasteiger partial charge in [-0.2, -0.15) is 0 Å². The van der Waals surface area contributed by atoms with E-state index in [1.807, 2.05) is 0 Å². The molecular weight excluding hydrogens is 234 g/mol. The lowest BCUT2D eigenvalue weighted by atomic mass is 9.98. The van der Waals surface area contributed by atoms with E-state index in [4.69, 9.17) is 5.11 Å². The van der Waals surface area contributed by atoms with Crippen molar-refractivity contribution < 1.29 is 9.90 Å². The first-order valence-electron chi connectivity index (χ1n) is 4.38. The zero-order chi connectivity index (χ0) is 9.84. The number of carbonyl (C=O) groups is 1. The third-order valence-electron chi connectivity index (χ3n) is 2.25. The van der Waals surface area contributed by atoms with Crippen molar-refractivity contribution in [3.63, 3.8) is 0 Å². The van der Waals surface area contributed by atoms with Crippen molar-refractivity contribution in [2.75, 3.05) is 19.6 Å². The van der Waals surface area contributed by atoms with Crippen molar-refractivity contribution in [1.29, 1.82) is 0 Å². The molecule has 1 rings (SSSR count). The number of carboxylic acids is 1. The minimum absolute atomic E-state index is 0.194. The Balaban J connectivity index is 2.41. The van der Waals surface area contributed by atoms with Crippen LogP contribution in [0.15, 0.2) is 11.1 Å². The summed E-state index contributed by atoms with van der Waals surface area (Å²) >= 11 is 3.28. The molecule has 1 aliphatic heterocycles. The highest BCUT2D eigenvalue weighted by molar-refractivity contribution is 9.11. The first-order chi connectivity index (χ1) is 6.09. The first kappa shape index (κ1) is 10.7. The second-order valence-electron chi connectivity index (χ2n) is 3.43. The molecule has 1 saturated heterocycles. The van der Waals surface area contributed by atoms with Gasteiger partial charge in [0.25, 0.3) is 0 Å². The summed E-state index contributed by atoms with van der Waals surface area (Å²) in [5.41, 5.74) is 0. The third kappa shape index (κ3) is 3.48. The number of rotatable bonds is 3. The lowest BCUT2D eigenvalue weighted by Gasteiger charge is -2.30. The molecule has 0 aliphatic carbocycles. The highest BCUT2D eigenvalue weighted by Gasteiger charge is 2.24. The quantitative estimate of drug-likeness (QED) is 0.826. The van der Waals surface area contributed by atoms with Crippen LogP contribution >= 0.6 is 15.9 Å². The summed E-state index contributed by atoms with van der Waals surface area (Å²) in [6.45, 7) is 6.13. The molecule has 1 N–H and O–H groups in total. The molecule has 3 nitrogen and oxygen atoms in total. The van der Waals surface area contributed by atoms with Crippen molar-refractivity contribution in [3.8, 4) is 0 Å². The van der Waals surface area contributed by atoms with Gasteiger partial charge in [-0.1, -0.05) is 22.5 Å². The molecule has 0 radical (unpaired) electrons. The van der Waals surface area contributed by atoms with Gasteiger partial charge in [0, 0.05) is 17.6 Å². The zero-order valence-electron chi connectivity index (χ0n) is 7.50. The van der Waals surface area contributed by atoms with Crippen molar-refractivity contribution in [3.05, 3.63) is 11.1 Å². The van der Waals surface area contributed by atoms with Crippen LogP contribution in [0.4, 0.5) is 0 Å². The van der Waals surface area contributed by atoms with E-state index >= 15 is 0 Å². The molecule has 1 atom stereocenters. The van der Waals surface area contributed by atoms with E-state index in [0.29, 0.717) is 6.54 Å². The molecular formula is C9H14BrNO2. The second kappa shape index (κ2) is 4.77. The molecule has 1 heterocycles. The van der Waals surface area contributed by atoms with E-state index in [1.54, 1.807) is 0 Å². The number of aliphatic carboxylic acids is 1. The molecule has 0 spiro atoms. The normalized spacial score (nSPS) is 24.2. The molecule has 0 bridgehead atoms. The van der Waals surface area contributed by atoms with Gasteiger partial charge in [-0.25, -0.2) is 0 Å². The third-order valence-corrected chi connectivity index (χ3v) is 2.50. The highest BCUT2D eigenvalue weighted by Crippen LogP contribution is 2.18. The molecule has 1 unspecified atom stereocenters. The van der Waals surface area contributed by atoms with Crippen LogP contribution in [0.3, 0.4) is 0 Å². The fraction of sp³-hybridized carbons (Fsp3) is 0.667. The van der Waals surface area contributed by atoms with Crippen LogP contribution in [-0.4, -0.2) is 35.6 Å². The van der Waals surface area contributed by atoms with Gasteiger partial charge in [0.05, 0.1) is 5.92 Å². The van der Waals surface area contributed by atoms with E-state index in [1.165, 1.54) is 0 Å². The number of piperidine rings is 1. The second-order valence-corrected chi connectivity index (χ2v) is 4.55. The molecule has 1 fully saturated rings. The average molecular weight is 248 g/mol. The summed E-state index contributed by atoms with van der Waals surface area (Å²) in [5.74, 6) is -0.870. The maximum Gasteiger partial charge on any atom is 0.307 e.